The van der Waals surface area contributed by atoms with Crippen LogP contribution in [0.3, 0.4) is 0 Å². The summed E-state index contributed by atoms with van der Waals surface area (Å²) in [6, 6.07) is 18.5. The molecule has 0 aromatic heterocycles. The molecule has 0 aliphatic heterocycles. The van der Waals surface area contributed by atoms with Gasteiger partial charge in [0.25, 0.3) is 0 Å². The highest BCUT2D eigenvalue weighted by molar-refractivity contribution is 9.10. The average molecular weight is 554 g/mol. The van der Waals surface area contributed by atoms with Crippen molar-refractivity contribution >= 4 is 39.6 Å². The second kappa shape index (κ2) is 13.3. The Balaban J connectivity index is 1.64. The average Bonchev–Trinajstić information content (AvgIpc) is 2.86. The third-order valence-corrected chi connectivity index (χ3v) is 5.45. The number of anilines is 1. The molecular weight excluding hydrogens is 526 g/mol. The van der Waals surface area contributed by atoms with Gasteiger partial charge in [0.1, 0.15) is 12.4 Å². The monoisotopic (exact) mass is 553 g/mol. The minimum atomic E-state index is -0.917. The number of hydrogen-bond donors (Lipinski definition) is 2. The Bertz CT molecular complexity index is 1230. The van der Waals surface area contributed by atoms with Crippen LogP contribution in [0.1, 0.15) is 30.5 Å². The number of halogens is 1. The molecule has 3 aromatic carbocycles. The van der Waals surface area contributed by atoms with E-state index in [1.807, 2.05) is 45.0 Å². The number of nitrogens with one attached hydrogen (secondary N) is 2. The normalized spacial score (nSPS) is 10.7. The Morgan fingerprint density at radius 3 is 2.33 bits per heavy atom. The second-order valence-electron chi connectivity index (χ2n) is 7.62. The van der Waals surface area contributed by atoms with E-state index < -0.39 is 11.8 Å². The Morgan fingerprint density at radius 2 is 1.61 bits per heavy atom. The van der Waals surface area contributed by atoms with Gasteiger partial charge in [-0.05, 0) is 72.1 Å². The molecule has 0 radical (unpaired) electrons. The largest absolute Gasteiger partial charge is 0.492 e. The molecule has 2 amide bonds. The van der Waals surface area contributed by atoms with Crippen molar-refractivity contribution in [3.63, 3.8) is 0 Å². The lowest BCUT2D eigenvalue weighted by molar-refractivity contribution is -0.136. The number of hydrazone groups is 1. The number of para-hydroxylation sites is 2. The van der Waals surface area contributed by atoms with E-state index in [4.69, 9.17) is 14.2 Å². The van der Waals surface area contributed by atoms with E-state index in [1.54, 1.807) is 36.4 Å². The number of hydrogen-bond acceptors (Lipinski definition) is 6. The smallest absolute Gasteiger partial charge is 0.329 e. The van der Waals surface area contributed by atoms with Crippen LogP contribution in [0.15, 0.2) is 70.2 Å². The minimum absolute atomic E-state index is 0.379. The van der Waals surface area contributed by atoms with Gasteiger partial charge in [0.15, 0.2) is 11.5 Å². The number of carbonyl (C=O) groups is 2. The molecule has 0 atom stereocenters. The molecule has 188 valence electrons. The van der Waals surface area contributed by atoms with Gasteiger partial charge in [-0.2, -0.15) is 5.10 Å². The van der Waals surface area contributed by atoms with Crippen LogP contribution >= 0.6 is 15.9 Å². The summed E-state index contributed by atoms with van der Waals surface area (Å²) >= 11 is 3.52. The Morgan fingerprint density at radius 1 is 0.917 bits per heavy atom. The van der Waals surface area contributed by atoms with Crippen molar-refractivity contribution in [1.29, 1.82) is 0 Å². The minimum Gasteiger partial charge on any atom is -0.492 e. The molecule has 36 heavy (non-hydrogen) atoms. The van der Waals surface area contributed by atoms with E-state index in [1.165, 1.54) is 11.8 Å². The van der Waals surface area contributed by atoms with Crippen molar-refractivity contribution in [3.8, 4) is 17.2 Å². The summed E-state index contributed by atoms with van der Waals surface area (Å²) in [4.78, 5) is 24.5. The summed E-state index contributed by atoms with van der Waals surface area (Å²) in [6.45, 7) is 6.99. The molecule has 0 aliphatic rings. The number of benzene rings is 3. The van der Waals surface area contributed by atoms with Gasteiger partial charge in [0, 0.05) is 0 Å². The van der Waals surface area contributed by atoms with Crippen LogP contribution in [0.2, 0.25) is 0 Å². The zero-order chi connectivity index (χ0) is 25.9. The first kappa shape index (κ1) is 26.7. The van der Waals surface area contributed by atoms with E-state index in [0.717, 1.165) is 5.56 Å². The van der Waals surface area contributed by atoms with E-state index in [-0.39, 0.29) is 0 Å². The first-order valence-electron chi connectivity index (χ1n) is 11.4. The van der Waals surface area contributed by atoms with Gasteiger partial charge in [0.05, 0.1) is 29.6 Å². The van der Waals surface area contributed by atoms with E-state index in [2.05, 4.69) is 31.8 Å². The van der Waals surface area contributed by atoms with Crippen LogP contribution in [-0.2, 0) is 16.2 Å². The maximum Gasteiger partial charge on any atom is 0.329 e. The molecule has 0 bridgehead atoms. The molecule has 2 N–H and O–H groups in total. The Labute approximate surface area is 218 Å². The molecule has 0 fully saturated rings. The number of nitrogens with zero attached hydrogens (tertiary/aromatic N) is 1. The van der Waals surface area contributed by atoms with E-state index >= 15 is 0 Å². The van der Waals surface area contributed by atoms with Crippen molar-refractivity contribution in [2.45, 2.75) is 27.4 Å². The Kier molecular flexibility index (Phi) is 9.88. The third-order valence-electron chi connectivity index (χ3n) is 4.86. The van der Waals surface area contributed by atoms with Crippen LogP contribution in [0.4, 0.5) is 5.69 Å². The van der Waals surface area contributed by atoms with Gasteiger partial charge in [-0.1, -0.05) is 42.0 Å². The molecular formula is C27H28BrN3O5. The van der Waals surface area contributed by atoms with E-state index in [0.29, 0.717) is 52.8 Å². The summed E-state index contributed by atoms with van der Waals surface area (Å²) in [5.41, 5.74) is 5.47. The zero-order valence-corrected chi connectivity index (χ0v) is 21.9. The van der Waals surface area contributed by atoms with Gasteiger partial charge in [-0.15, -0.1) is 0 Å². The topological polar surface area (TPSA) is 98.2 Å². The molecule has 0 saturated carbocycles. The first-order valence-corrected chi connectivity index (χ1v) is 12.2. The predicted octanol–water partition coefficient (Wildman–Crippen LogP) is 5.22. The fourth-order valence-electron chi connectivity index (χ4n) is 3.15. The molecule has 0 unspecified atom stereocenters. The summed E-state index contributed by atoms with van der Waals surface area (Å²) < 4.78 is 17.9. The highest BCUT2D eigenvalue weighted by atomic mass is 79.9. The Hall–Kier alpha value is -3.85. The van der Waals surface area contributed by atoms with Crippen molar-refractivity contribution < 1.29 is 23.8 Å². The molecule has 0 aliphatic carbocycles. The lowest BCUT2D eigenvalue weighted by atomic mass is 10.2. The quantitative estimate of drug-likeness (QED) is 0.203. The van der Waals surface area contributed by atoms with Gasteiger partial charge >= 0.3 is 11.8 Å². The van der Waals surface area contributed by atoms with Crippen molar-refractivity contribution in [2.75, 3.05) is 18.5 Å². The number of aryl methyl sites for hydroxylation is 1. The summed E-state index contributed by atoms with van der Waals surface area (Å²) in [5.74, 6) is -0.222. The lowest BCUT2D eigenvalue weighted by Crippen LogP contribution is -2.32. The van der Waals surface area contributed by atoms with Crippen LogP contribution in [0.25, 0.3) is 0 Å². The molecule has 3 rings (SSSR count). The maximum atomic E-state index is 12.3. The molecule has 0 heterocycles. The maximum absolute atomic E-state index is 12.3. The molecule has 3 aromatic rings. The predicted molar refractivity (Wildman–Crippen MR) is 143 cm³/mol. The standard InChI is InChI=1S/C27H28BrN3O5/c1-4-34-23-9-7-6-8-22(23)30-26(32)27(33)31-29-16-20-14-21(28)25(24(15-20)35-5-2)36-17-19-12-10-18(3)11-13-19/h6-16H,4-5,17H2,1-3H3,(H,30,32)(H,31,33)/b29-16+. The fraction of sp³-hybridized carbons (Fsp3) is 0.222. The number of rotatable bonds is 10. The summed E-state index contributed by atoms with van der Waals surface area (Å²) in [5, 5.41) is 6.43. The number of carbonyl (C=O) groups excluding carboxylic acids is 2. The second-order valence-corrected chi connectivity index (χ2v) is 8.47. The molecule has 0 saturated heterocycles. The van der Waals surface area contributed by atoms with Crippen molar-refractivity contribution in [1.82, 2.24) is 5.43 Å². The molecule has 8 nitrogen and oxygen atoms in total. The van der Waals surface area contributed by atoms with Crippen LogP contribution in [-0.4, -0.2) is 31.2 Å². The van der Waals surface area contributed by atoms with Gasteiger partial charge < -0.3 is 19.5 Å². The first-order chi connectivity index (χ1) is 17.4. The van der Waals surface area contributed by atoms with E-state index in [9.17, 15) is 9.59 Å². The van der Waals surface area contributed by atoms with Crippen LogP contribution in [0, 0.1) is 6.92 Å². The van der Waals surface area contributed by atoms with Gasteiger partial charge in [-0.3, -0.25) is 9.59 Å². The number of ether oxygens (including phenoxy) is 3. The van der Waals surface area contributed by atoms with Crippen molar-refractivity contribution in [3.05, 3.63) is 81.8 Å². The lowest BCUT2D eigenvalue weighted by Gasteiger charge is -2.15. The molecule has 9 heteroatoms. The third kappa shape index (κ3) is 7.58. The van der Waals surface area contributed by atoms with Crippen LogP contribution < -0.4 is 25.0 Å². The zero-order valence-electron chi connectivity index (χ0n) is 20.3. The van der Waals surface area contributed by atoms with Gasteiger partial charge in [-0.25, -0.2) is 5.43 Å². The molecule has 0 spiro atoms. The SMILES string of the molecule is CCOc1ccccc1NC(=O)C(=O)N/N=C/c1cc(Br)c(OCc2ccc(C)cc2)c(OCC)c1. The fourth-order valence-corrected chi connectivity index (χ4v) is 3.73. The number of amides is 2. The van der Waals surface area contributed by atoms with Gasteiger partial charge in [0.2, 0.25) is 0 Å². The summed E-state index contributed by atoms with van der Waals surface area (Å²) in [6.07, 6.45) is 1.41. The summed E-state index contributed by atoms with van der Waals surface area (Å²) in [7, 11) is 0. The van der Waals surface area contributed by atoms with Crippen molar-refractivity contribution in [2.24, 2.45) is 5.10 Å². The highest BCUT2D eigenvalue weighted by Gasteiger charge is 2.16. The highest BCUT2D eigenvalue weighted by Crippen LogP contribution is 2.37. The van der Waals surface area contributed by atoms with Crippen LogP contribution in [0.5, 0.6) is 17.2 Å².